The molecule has 0 spiro atoms. The molecule has 0 aromatic heterocycles. The summed E-state index contributed by atoms with van der Waals surface area (Å²) in [6.45, 7) is 2.27. The van der Waals surface area contributed by atoms with Gasteiger partial charge in [0.2, 0.25) is 0 Å². The molecule has 1 aliphatic carbocycles. The van der Waals surface area contributed by atoms with Gasteiger partial charge in [0.15, 0.2) is 0 Å². The summed E-state index contributed by atoms with van der Waals surface area (Å²) in [6, 6.07) is 22.3. The number of fused-ring (bicyclic) bond motifs is 3. The second kappa shape index (κ2) is 7.37. The predicted octanol–water partition coefficient (Wildman–Crippen LogP) is 6.50. The molecule has 0 saturated carbocycles. The summed E-state index contributed by atoms with van der Waals surface area (Å²) in [4.78, 5) is 0. The molecule has 0 atom stereocenters. The lowest BCUT2D eigenvalue weighted by molar-refractivity contribution is 0.795. The van der Waals surface area contributed by atoms with Crippen molar-refractivity contribution in [2.45, 2.75) is 39.0 Å². The third-order valence-corrected chi connectivity index (χ3v) is 5.58. The second-order valence-corrected chi connectivity index (χ2v) is 7.19. The smallest absolute Gasteiger partial charge is 0.0458 e. The molecule has 0 unspecified atom stereocenters. The minimum absolute atomic E-state index is 1.11. The van der Waals surface area contributed by atoms with Gasteiger partial charge in [0, 0.05) is 18.3 Å². The Morgan fingerprint density at radius 3 is 2.42 bits per heavy atom. The summed E-state index contributed by atoms with van der Waals surface area (Å²) >= 11 is 0. The van der Waals surface area contributed by atoms with E-state index in [1.807, 2.05) is 0 Å². The zero-order valence-electron chi connectivity index (χ0n) is 15.8. The lowest BCUT2D eigenvalue weighted by Crippen LogP contribution is -2.10. The lowest BCUT2D eigenvalue weighted by atomic mass is 9.80. The van der Waals surface area contributed by atoms with Crippen LogP contribution in [0.25, 0.3) is 22.3 Å². The van der Waals surface area contributed by atoms with Crippen LogP contribution in [0.4, 0.5) is 5.69 Å². The van der Waals surface area contributed by atoms with Gasteiger partial charge in [0.1, 0.15) is 0 Å². The van der Waals surface area contributed by atoms with Crippen molar-refractivity contribution in [2.75, 3.05) is 12.4 Å². The van der Waals surface area contributed by atoms with E-state index in [1.54, 1.807) is 0 Å². The standard InChI is InChI=1S/C25H27N/c1-3-4-10-20-17-23-21-14-9-8-11-18(21)15-16-22(23)25(26-2)24(20)19-12-6-5-7-13-19/h5-9,11-14,17,26H,3-4,10,15-16H2,1-2H3. The van der Waals surface area contributed by atoms with Crippen molar-refractivity contribution in [3.05, 3.63) is 77.4 Å². The van der Waals surface area contributed by atoms with Gasteiger partial charge in [-0.05, 0) is 59.1 Å². The second-order valence-electron chi connectivity index (χ2n) is 7.19. The number of hydrogen-bond donors (Lipinski definition) is 1. The predicted molar refractivity (Wildman–Crippen MR) is 113 cm³/mol. The first-order valence-electron chi connectivity index (χ1n) is 9.83. The Kier molecular flexibility index (Phi) is 4.79. The third kappa shape index (κ3) is 2.92. The summed E-state index contributed by atoms with van der Waals surface area (Å²) < 4.78 is 0. The molecule has 0 radical (unpaired) electrons. The number of aryl methyl sites for hydroxylation is 2. The van der Waals surface area contributed by atoms with Crippen molar-refractivity contribution in [1.82, 2.24) is 0 Å². The number of hydrogen-bond acceptors (Lipinski definition) is 1. The van der Waals surface area contributed by atoms with Gasteiger partial charge in [-0.25, -0.2) is 0 Å². The fraction of sp³-hybridized carbons (Fsp3) is 0.280. The van der Waals surface area contributed by atoms with Gasteiger partial charge in [-0.15, -0.1) is 0 Å². The molecule has 0 fully saturated rings. The zero-order valence-corrected chi connectivity index (χ0v) is 15.8. The topological polar surface area (TPSA) is 12.0 Å². The highest BCUT2D eigenvalue weighted by atomic mass is 14.8. The molecular formula is C25H27N. The quantitative estimate of drug-likeness (QED) is 0.558. The SMILES string of the molecule is CCCCc1cc2c(c(NC)c1-c1ccccc1)CCc1ccccc1-2. The van der Waals surface area contributed by atoms with Crippen LogP contribution in [0.5, 0.6) is 0 Å². The summed E-state index contributed by atoms with van der Waals surface area (Å²) in [5.41, 5.74) is 11.3. The first kappa shape index (κ1) is 16.9. The molecule has 3 aromatic carbocycles. The van der Waals surface area contributed by atoms with Crippen molar-refractivity contribution < 1.29 is 0 Å². The lowest BCUT2D eigenvalue weighted by Gasteiger charge is -2.27. The molecule has 1 nitrogen and oxygen atoms in total. The maximum Gasteiger partial charge on any atom is 0.0458 e. The van der Waals surface area contributed by atoms with Crippen LogP contribution >= 0.6 is 0 Å². The molecule has 0 amide bonds. The van der Waals surface area contributed by atoms with Crippen molar-refractivity contribution in [1.29, 1.82) is 0 Å². The maximum atomic E-state index is 3.57. The molecule has 1 heteroatoms. The Hall–Kier alpha value is -2.54. The molecule has 3 aromatic rings. The van der Waals surface area contributed by atoms with Crippen LogP contribution in [0.15, 0.2) is 60.7 Å². The average molecular weight is 341 g/mol. The normalized spacial score (nSPS) is 12.4. The Morgan fingerprint density at radius 2 is 1.65 bits per heavy atom. The van der Waals surface area contributed by atoms with Crippen LogP contribution < -0.4 is 5.32 Å². The number of anilines is 1. The molecule has 26 heavy (non-hydrogen) atoms. The molecule has 1 aliphatic rings. The van der Waals surface area contributed by atoms with Crippen LogP contribution in [0.1, 0.15) is 36.5 Å². The molecule has 0 heterocycles. The average Bonchev–Trinajstić information content (AvgIpc) is 2.71. The molecule has 0 saturated heterocycles. The molecule has 4 rings (SSSR count). The van der Waals surface area contributed by atoms with Crippen LogP contribution in [-0.4, -0.2) is 7.05 Å². The number of nitrogens with one attached hydrogen (secondary N) is 1. The summed E-state index contributed by atoms with van der Waals surface area (Å²) in [6.07, 6.45) is 5.81. The molecule has 0 bridgehead atoms. The van der Waals surface area contributed by atoms with E-state index in [-0.39, 0.29) is 0 Å². The molecular weight excluding hydrogens is 314 g/mol. The highest BCUT2D eigenvalue weighted by molar-refractivity contribution is 5.90. The monoisotopic (exact) mass is 341 g/mol. The Balaban J connectivity index is 1.98. The number of benzene rings is 3. The summed E-state index contributed by atoms with van der Waals surface area (Å²) in [7, 11) is 2.08. The Morgan fingerprint density at radius 1 is 0.885 bits per heavy atom. The minimum atomic E-state index is 1.11. The number of unbranched alkanes of at least 4 members (excludes halogenated alkanes) is 1. The van der Waals surface area contributed by atoms with E-state index in [4.69, 9.17) is 0 Å². The minimum Gasteiger partial charge on any atom is -0.387 e. The first-order chi connectivity index (χ1) is 12.8. The number of rotatable bonds is 5. The van der Waals surface area contributed by atoms with Gasteiger partial charge in [-0.3, -0.25) is 0 Å². The fourth-order valence-electron chi connectivity index (χ4n) is 4.32. The van der Waals surface area contributed by atoms with Crippen molar-refractivity contribution in [3.8, 4) is 22.3 Å². The van der Waals surface area contributed by atoms with E-state index >= 15 is 0 Å². The van der Waals surface area contributed by atoms with Gasteiger partial charge in [-0.1, -0.05) is 74.0 Å². The first-order valence-corrected chi connectivity index (χ1v) is 9.83. The Labute approximate surface area is 157 Å². The van der Waals surface area contributed by atoms with E-state index in [9.17, 15) is 0 Å². The van der Waals surface area contributed by atoms with Gasteiger partial charge in [0.25, 0.3) is 0 Å². The highest BCUT2D eigenvalue weighted by Gasteiger charge is 2.23. The van der Waals surface area contributed by atoms with Crippen LogP contribution in [0, 0.1) is 0 Å². The van der Waals surface area contributed by atoms with E-state index < -0.39 is 0 Å². The zero-order chi connectivity index (χ0) is 17.9. The van der Waals surface area contributed by atoms with Crippen molar-refractivity contribution >= 4 is 5.69 Å². The molecule has 132 valence electrons. The van der Waals surface area contributed by atoms with E-state index in [0.29, 0.717) is 0 Å². The Bertz CT molecular complexity index is 909. The van der Waals surface area contributed by atoms with Gasteiger partial charge < -0.3 is 5.32 Å². The van der Waals surface area contributed by atoms with Crippen molar-refractivity contribution in [2.24, 2.45) is 0 Å². The van der Waals surface area contributed by atoms with E-state index in [1.165, 1.54) is 57.5 Å². The third-order valence-electron chi connectivity index (χ3n) is 5.58. The van der Waals surface area contributed by atoms with Gasteiger partial charge >= 0.3 is 0 Å². The fourth-order valence-corrected chi connectivity index (χ4v) is 4.32. The van der Waals surface area contributed by atoms with Crippen LogP contribution in [0.3, 0.4) is 0 Å². The van der Waals surface area contributed by atoms with Gasteiger partial charge in [-0.2, -0.15) is 0 Å². The summed E-state index contributed by atoms with van der Waals surface area (Å²) in [5, 5.41) is 3.57. The largest absolute Gasteiger partial charge is 0.387 e. The maximum absolute atomic E-state index is 3.57. The highest BCUT2D eigenvalue weighted by Crippen LogP contribution is 2.44. The van der Waals surface area contributed by atoms with E-state index in [0.717, 1.165) is 19.3 Å². The van der Waals surface area contributed by atoms with Crippen LogP contribution in [-0.2, 0) is 19.3 Å². The van der Waals surface area contributed by atoms with E-state index in [2.05, 4.69) is 80.0 Å². The summed E-state index contributed by atoms with van der Waals surface area (Å²) in [5.74, 6) is 0. The molecule has 0 aliphatic heterocycles. The van der Waals surface area contributed by atoms with Crippen LogP contribution in [0.2, 0.25) is 0 Å². The van der Waals surface area contributed by atoms with Gasteiger partial charge in [0.05, 0.1) is 0 Å². The molecule has 1 N–H and O–H groups in total. The van der Waals surface area contributed by atoms with Crippen molar-refractivity contribution in [3.63, 3.8) is 0 Å².